The molecule has 0 rings (SSSR count). The number of aliphatic hydroxyl groups is 2. The number of rotatable bonds is 37. The molecule has 0 aromatic rings. The Morgan fingerprint density at radius 2 is 1.05 bits per heavy atom. The molecule has 0 aromatic carbocycles. The molecule has 11 atom stereocenters. The molecule has 21 N–H and O–H groups in total. The summed E-state index contributed by atoms with van der Waals surface area (Å²) < 4.78 is 0. The fraction of sp³-hybridized carbons (Fsp3) is 0.698. The van der Waals surface area contributed by atoms with Gasteiger partial charge in [-0.3, -0.25) is 57.5 Å². The maximum Gasteiger partial charge on any atom is 0.326 e. The van der Waals surface area contributed by atoms with Crippen LogP contribution in [0.3, 0.4) is 0 Å². The number of amides is 11. The Labute approximate surface area is 432 Å². The van der Waals surface area contributed by atoms with Crippen LogP contribution in [0.1, 0.15) is 92.4 Å². The highest BCUT2D eigenvalue weighted by molar-refractivity contribution is 7.80. The van der Waals surface area contributed by atoms with E-state index in [0.29, 0.717) is 6.42 Å². The third kappa shape index (κ3) is 25.8. The fourth-order valence-corrected chi connectivity index (χ4v) is 6.85. The van der Waals surface area contributed by atoms with Crippen molar-refractivity contribution in [1.29, 1.82) is 0 Å². The number of primary amides is 2. The number of carbonyl (C=O) groups excluding carboxylic acids is 11. The largest absolute Gasteiger partial charge is 0.481 e. The molecule has 74 heavy (non-hydrogen) atoms. The first-order valence-corrected chi connectivity index (χ1v) is 24.2. The Bertz CT molecular complexity index is 1980. The molecule has 0 aliphatic rings. The molecule has 0 spiro atoms. The highest BCUT2D eigenvalue weighted by Gasteiger charge is 2.36. The topological polar surface area (TPSA) is 515 Å². The first kappa shape index (κ1) is 67.3. The van der Waals surface area contributed by atoms with Crippen LogP contribution in [-0.2, 0) is 62.3 Å². The zero-order valence-electron chi connectivity index (χ0n) is 42.0. The predicted molar refractivity (Wildman–Crippen MR) is 263 cm³/mol. The van der Waals surface area contributed by atoms with Gasteiger partial charge in [-0.25, -0.2) is 4.79 Å². The minimum Gasteiger partial charge on any atom is -0.481 e. The highest BCUT2D eigenvalue weighted by atomic mass is 32.1. The number of hydrogen-bond acceptors (Lipinski definition) is 18. The van der Waals surface area contributed by atoms with E-state index >= 15 is 0 Å². The van der Waals surface area contributed by atoms with Crippen molar-refractivity contribution in [2.75, 3.05) is 25.4 Å². The molecule has 0 fully saturated rings. The van der Waals surface area contributed by atoms with Gasteiger partial charge in [-0.15, -0.1) is 0 Å². The van der Waals surface area contributed by atoms with Gasteiger partial charge < -0.3 is 91.2 Å². The van der Waals surface area contributed by atoms with Crippen molar-refractivity contribution in [2.45, 2.75) is 153 Å². The molecule has 0 unspecified atom stereocenters. The van der Waals surface area contributed by atoms with E-state index < -0.39 is 182 Å². The van der Waals surface area contributed by atoms with Crippen molar-refractivity contribution < 1.29 is 82.8 Å². The molecular weight excluding hydrogens is 1000 g/mol. The number of thiol groups is 1. The van der Waals surface area contributed by atoms with E-state index in [9.17, 15) is 82.8 Å². The first-order valence-electron chi connectivity index (χ1n) is 23.6. The monoisotopic (exact) mass is 1080 g/mol. The van der Waals surface area contributed by atoms with Crippen LogP contribution in [0.4, 0.5) is 0 Å². The van der Waals surface area contributed by atoms with E-state index in [0.717, 1.165) is 6.92 Å². The molecule has 0 aliphatic heterocycles. The Hall–Kier alpha value is -6.70. The number of aliphatic carboxylic acids is 2. The summed E-state index contributed by atoms with van der Waals surface area (Å²) >= 11 is 4.10. The van der Waals surface area contributed by atoms with Crippen molar-refractivity contribution in [3.8, 4) is 0 Å². The van der Waals surface area contributed by atoms with Gasteiger partial charge in [-0.05, 0) is 57.4 Å². The van der Waals surface area contributed by atoms with Gasteiger partial charge in [0.05, 0.1) is 38.1 Å². The molecule has 0 saturated carbocycles. The van der Waals surface area contributed by atoms with Gasteiger partial charge in [0.2, 0.25) is 65.0 Å². The van der Waals surface area contributed by atoms with Gasteiger partial charge >= 0.3 is 11.9 Å². The Balaban J connectivity index is 6.18. The Morgan fingerprint density at radius 3 is 1.55 bits per heavy atom. The molecule has 11 amide bonds. The lowest BCUT2D eigenvalue weighted by atomic mass is 9.97. The summed E-state index contributed by atoms with van der Waals surface area (Å²) in [6.45, 7) is 5.90. The first-order chi connectivity index (χ1) is 34.5. The second-order valence-electron chi connectivity index (χ2n) is 17.7. The lowest BCUT2D eigenvalue weighted by molar-refractivity contribution is -0.142. The second-order valence-corrected chi connectivity index (χ2v) is 18.1. The molecule has 30 nitrogen and oxygen atoms in total. The van der Waals surface area contributed by atoms with Crippen LogP contribution >= 0.6 is 12.6 Å². The molecule has 420 valence electrons. The number of carboxylic acid groups (broad SMARTS) is 2. The van der Waals surface area contributed by atoms with Crippen LogP contribution < -0.4 is 70.8 Å². The van der Waals surface area contributed by atoms with Crippen LogP contribution in [-0.4, -0.2) is 183 Å². The van der Waals surface area contributed by atoms with E-state index in [1.54, 1.807) is 27.7 Å². The molecule has 0 aromatic heterocycles. The quantitative estimate of drug-likeness (QED) is 0.0203. The van der Waals surface area contributed by atoms with E-state index in [4.69, 9.17) is 22.9 Å². The van der Waals surface area contributed by atoms with E-state index in [1.165, 1.54) is 0 Å². The van der Waals surface area contributed by atoms with Gasteiger partial charge in [0.15, 0.2) is 0 Å². The molecule has 0 heterocycles. The van der Waals surface area contributed by atoms with Gasteiger partial charge in [0.1, 0.15) is 48.3 Å². The minimum atomic E-state index is -1.87. The number of nitrogens with two attached hydrogens (primary N) is 4. The zero-order chi connectivity index (χ0) is 57.0. The average Bonchev–Trinajstić information content (AvgIpc) is 3.31. The number of hydrogen-bond donors (Lipinski definition) is 18. The summed E-state index contributed by atoms with van der Waals surface area (Å²) in [4.78, 5) is 166. The summed E-state index contributed by atoms with van der Waals surface area (Å²) in [5.41, 5.74) is 21.6. The molecule has 0 aliphatic carbocycles. The predicted octanol–water partition coefficient (Wildman–Crippen LogP) is -7.47. The third-order valence-corrected chi connectivity index (χ3v) is 11.3. The molecule has 0 radical (unpaired) electrons. The van der Waals surface area contributed by atoms with E-state index in [2.05, 4.69) is 60.5 Å². The molecule has 0 saturated heterocycles. The van der Waals surface area contributed by atoms with Crippen molar-refractivity contribution in [3.05, 3.63) is 0 Å². The van der Waals surface area contributed by atoms with Crippen molar-refractivity contribution in [2.24, 2.45) is 34.8 Å². The molecule has 31 heteroatoms. The van der Waals surface area contributed by atoms with Gasteiger partial charge in [0, 0.05) is 12.2 Å². The summed E-state index contributed by atoms with van der Waals surface area (Å²) in [5, 5.41) is 59.6. The SMILES string of the molecule is CC[C@H](C)[C@H](NC(=O)[C@H](CC(N)=O)NC(=O)[C@H](CO)NC(=O)CNC(=O)[C@H](CCC(=O)O)NC(=O)[C@H](CCCCN)NC(=O)[C@@H](NC(=O)[C@@H](N)CC(N)=O)[C@@H](C)O)C(=O)N[C@@H](CS)C(=O)N[C@@H](CC(C)C)C(=O)O. The summed E-state index contributed by atoms with van der Waals surface area (Å²) in [7, 11) is 0. The fourth-order valence-electron chi connectivity index (χ4n) is 6.60. The number of unbranched alkanes of at least 4 members (excludes halogenated alkanes) is 1. The standard InChI is InChI=1S/C43H75N13O17S/c1-6-20(4)33(41(70)54-28(18-74)40(69)53-26(43(72)73)13-19(2)3)55-38(67)25(15-30(47)60)52-39(68)27(17-57)49-31(61)16-48-36(65)24(10-11-32(62)63)50-37(66)23(9-7-8-12-44)51-42(71)34(21(5)58)56-35(64)22(45)14-29(46)59/h19-28,33-34,57-58,74H,6-18,44-45H2,1-5H3,(H2,46,59)(H2,47,60)(H,48,65)(H,49,61)(H,50,66)(H,51,71)(H,52,68)(H,53,69)(H,54,70)(H,55,67)(H,56,64)(H,62,63)(H,72,73)/t20-,21+,22-,23-,24-,25-,26-,27-,28-,33-,34-/m0/s1. The lowest BCUT2D eigenvalue weighted by Gasteiger charge is -2.28. The maximum atomic E-state index is 13.6. The Kier molecular flexibility index (Phi) is 31.5. The van der Waals surface area contributed by atoms with Crippen LogP contribution in [0.15, 0.2) is 0 Å². The van der Waals surface area contributed by atoms with Crippen molar-refractivity contribution in [1.82, 2.24) is 47.9 Å². The van der Waals surface area contributed by atoms with E-state index in [-0.39, 0.29) is 43.9 Å². The van der Waals surface area contributed by atoms with Gasteiger partial charge in [-0.2, -0.15) is 12.6 Å². The number of aliphatic hydroxyl groups excluding tert-OH is 2. The summed E-state index contributed by atoms with van der Waals surface area (Å²) in [6.07, 6.45) is -3.53. The molecular formula is C43H75N13O17S. The van der Waals surface area contributed by atoms with Crippen LogP contribution in [0, 0.1) is 11.8 Å². The van der Waals surface area contributed by atoms with Crippen LogP contribution in [0.5, 0.6) is 0 Å². The summed E-state index contributed by atoms with van der Waals surface area (Å²) in [6, 6.07) is -14.2. The number of nitrogens with one attached hydrogen (secondary N) is 9. The summed E-state index contributed by atoms with van der Waals surface area (Å²) in [5.74, 6) is -15.5. The third-order valence-electron chi connectivity index (χ3n) is 10.9. The molecule has 0 bridgehead atoms. The normalized spacial score (nSPS) is 15.5. The van der Waals surface area contributed by atoms with Crippen LogP contribution in [0.2, 0.25) is 0 Å². The number of carbonyl (C=O) groups is 13. The van der Waals surface area contributed by atoms with Crippen molar-refractivity contribution in [3.63, 3.8) is 0 Å². The van der Waals surface area contributed by atoms with Gasteiger partial charge in [-0.1, -0.05) is 34.1 Å². The van der Waals surface area contributed by atoms with E-state index in [1.807, 2.05) is 0 Å². The van der Waals surface area contributed by atoms with Crippen LogP contribution in [0.25, 0.3) is 0 Å². The zero-order valence-corrected chi connectivity index (χ0v) is 42.9. The lowest BCUT2D eigenvalue weighted by Crippen LogP contribution is -2.61. The van der Waals surface area contributed by atoms with Crippen molar-refractivity contribution >= 4 is 89.5 Å². The highest BCUT2D eigenvalue weighted by Crippen LogP contribution is 2.12. The van der Waals surface area contributed by atoms with Gasteiger partial charge in [0.25, 0.3) is 0 Å². The second kappa shape index (κ2) is 34.7. The maximum absolute atomic E-state index is 13.6. The minimum absolute atomic E-state index is 0.0752. The Morgan fingerprint density at radius 1 is 0.568 bits per heavy atom. The number of carboxylic acids is 2. The smallest absolute Gasteiger partial charge is 0.326 e. The average molecular weight is 1080 g/mol.